The van der Waals surface area contributed by atoms with Gasteiger partial charge in [-0.3, -0.25) is 9.59 Å². The highest BCUT2D eigenvalue weighted by molar-refractivity contribution is 5.73. The third-order valence-corrected chi connectivity index (χ3v) is 2.23. The van der Waals surface area contributed by atoms with Gasteiger partial charge in [0.05, 0.1) is 20.0 Å². The van der Waals surface area contributed by atoms with Crippen molar-refractivity contribution >= 4 is 11.9 Å². The summed E-state index contributed by atoms with van der Waals surface area (Å²) in [5, 5.41) is 8.61. The zero-order valence-electron chi connectivity index (χ0n) is 8.29. The van der Waals surface area contributed by atoms with Crippen LogP contribution in [-0.4, -0.2) is 24.2 Å². The average Bonchev–Trinajstić information content (AvgIpc) is 2.02. The van der Waals surface area contributed by atoms with E-state index in [1.807, 2.05) is 6.92 Å². The first-order valence-corrected chi connectivity index (χ1v) is 4.22. The summed E-state index contributed by atoms with van der Waals surface area (Å²) >= 11 is 0. The van der Waals surface area contributed by atoms with Crippen molar-refractivity contribution in [2.24, 2.45) is 5.41 Å². The molecule has 0 fully saturated rings. The number of carboxylic acid groups (broad SMARTS) is 1. The number of hydrogen-bond acceptors (Lipinski definition) is 3. The van der Waals surface area contributed by atoms with Crippen LogP contribution in [0, 0.1) is 5.41 Å². The number of rotatable bonds is 5. The van der Waals surface area contributed by atoms with Gasteiger partial charge in [-0.2, -0.15) is 0 Å². The highest BCUT2D eigenvalue weighted by Gasteiger charge is 2.28. The quantitative estimate of drug-likeness (QED) is 0.663. The van der Waals surface area contributed by atoms with Crippen LogP contribution in [0.1, 0.15) is 33.1 Å². The van der Waals surface area contributed by atoms with Crippen LogP contribution >= 0.6 is 0 Å². The largest absolute Gasteiger partial charge is 0.481 e. The lowest BCUT2D eigenvalue weighted by Gasteiger charge is -2.24. The standard InChI is InChI=1S/C9H16O4/c1-4-9(2,5-7(10)11)6-8(12)13-3/h4-6H2,1-3H3,(H,10,11). The second-order valence-electron chi connectivity index (χ2n) is 3.49. The van der Waals surface area contributed by atoms with Gasteiger partial charge in [0.1, 0.15) is 0 Å². The maximum Gasteiger partial charge on any atom is 0.306 e. The van der Waals surface area contributed by atoms with E-state index < -0.39 is 11.4 Å². The molecular weight excluding hydrogens is 172 g/mol. The van der Waals surface area contributed by atoms with E-state index >= 15 is 0 Å². The topological polar surface area (TPSA) is 63.6 Å². The molecule has 1 atom stereocenters. The monoisotopic (exact) mass is 188 g/mol. The maximum absolute atomic E-state index is 11.0. The first-order chi connectivity index (χ1) is 5.93. The van der Waals surface area contributed by atoms with Gasteiger partial charge >= 0.3 is 11.9 Å². The molecule has 0 saturated heterocycles. The van der Waals surface area contributed by atoms with E-state index in [2.05, 4.69) is 4.74 Å². The predicted molar refractivity (Wildman–Crippen MR) is 47.3 cm³/mol. The molecular formula is C9H16O4. The molecule has 1 unspecified atom stereocenters. The zero-order chi connectivity index (χ0) is 10.5. The molecule has 0 spiro atoms. The highest BCUT2D eigenvalue weighted by Crippen LogP contribution is 2.30. The SMILES string of the molecule is CCC(C)(CC(=O)O)CC(=O)OC. The Kier molecular flexibility index (Phi) is 4.45. The van der Waals surface area contributed by atoms with Crippen molar-refractivity contribution in [1.82, 2.24) is 0 Å². The average molecular weight is 188 g/mol. The number of esters is 1. The normalized spacial score (nSPS) is 14.7. The van der Waals surface area contributed by atoms with Gasteiger partial charge < -0.3 is 9.84 Å². The molecule has 0 aliphatic rings. The van der Waals surface area contributed by atoms with E-state index in [4.69, 9.17) is 5.11 Å². The second-order valence-corrected chi connectivity index (χ2v) is 3.49. The van der Waals surface area contributed by atoms with Gasteiger partial charge in [-0.25, -0.2) is 0 Å². The molecule has 0 saturated carbocycles. The summed E-state index contributed by atoms with van der Waals surface area (Å²) in [4.78, 5) is 21.4. The molecule has 0 aromatic heterocycles. The molecule has 13 heavy (non-hydrogen) atoms. The number of carbonyl (C=O) groups excluding carboxylic acids is 1. The van der Waals surface area contributed by atoms with E-state index in [1.165, 1.54) is 7.11 Å². The van der Waals surface area contributed by atoms with Crippen molar-refractivity contribution in [1.29, 1.82) is 0 Å². The molecule has 0 amide bonds. The lowest BCUT2D eigenvalue weighted by atomic mass is 9.81. The number of carboxylic acids is 1. The zero-order valence-corrected chi connectivity index (χ0v) is 8.29. The molecule has 0 radical (unpaired) electrons. The Morgan fingerprint density at radius 2 is 1.92 bits per heavy atom. The van der Waals surface area contributed by atoms with Crippen molar-refractivity contribution in [2.45, 2.75) is 33.1 Å². The van der Waals surface area contributed by atoms with Gasteiger partial charge in [0.25, 0.3) is 0 Å². The van der Waals surface area contributed by atoms with E-state index in [0.29, 0.717) is 6.42 Å². The summed E-state index contributed by atoms with van der Waals surface area (Å²) in [7, 11) is 1.30. The fourth-order valence-electron chi connectivity index (χ4n) is 1.10. The van der Waals surface area contributed by atoms with Crippen molar-refractivity contribution in [3.8, 4) is 0 Å². The predicted octanol–water partition coefficient (Wildman–Crippen LogP) is 1.44. The fourth-order valence-corrected chi connectivity index (χ4v) is 1.10. The summed E-state index contributed by atoms with van der Waals surface area (Å²) in [6.07, 6.45) is 0.805. The number of ether oxygens (including phenoxy) is 1. The summed E-state index contributed by atoms with van der Waals surface area (Å²) in [5.74, 6) is -1.24. The second kappa shape index (κ2) is 4.84. The molecule has 0 bridgehead atoms. The third kappa shape index (κ3) is 4.50. The van der Waals surface area contributed by atoms with E-state index in [0.717, 1.165) is 0 Å². The summed E-state index contributed by atoms with van der Waals surface area (Å²) in [6.45, 7) is 3.64. The minimum Gasteiger partial charge on any atom is -0.481 e. The smallest absolute Gasteiger partial charge is 0.306 e. The minimum atomic E-state index is -0.881. The first-order valence-electron chi connectivity index (χ1n) is 4.22. The summed E-state index contributed by atoms with van der Waals surface area (Å²) in [6, 6.07) is 0. The van der Waals surface area contributed by atoms with Crippen LogP contribution in [0.3, 0.4) is 0 Å². The van der Waals surface area contributed by atoms with Gasteiger partial charge in [0.15, 0.2) is 0 Å². The van der Waals surface area contributed by atoms with Gasteiger partial charge in [-0.1, -0.05) is 13.8 Å². The van der Waals surface area contributed by atoms with Crippen molar-refractivity contribution < 1.29 is 19.4 Å². The molecule has 0 aliphatic heterocycles. The summed E-state index contributed by atoms with van der Waals surface area (Å²) < 4.78 is 4.50. The molecule has 4 heteroatoms. The number of aliphatic carboxylic acids is 1. The van der Waals surface area contributed by atoms with Gasteiger partial charge in [0, 0.05) is 0 Å². The van der Waals surface area contributed by atoms with Crippen LogP contribution in [0.25, 0.3) is 0 Å². The molecule has 4 nitrogen and oxygen atoms in total. The first kappa shape index (κ1) is 11.9. The van der Waals surface area contributed by atoms with E-state index in [1.54, 1.807) is 6.92 Å². The van der Waals surface area contributed by atoms with E-state index in [-0.39, 0.29) is 18.8 Å². The van der Waals surface area contributed by atoms with Gasteiger partial charge in [0.2, 0.25) is 0 Å². The lowest BCUT2D eigenvalue weighted by molar-refractivity contribution is -0.145. The molecule has 0 aliphatic carbocycles. The Labute approximate surface area is 77.9 Å². The third-order valence-electron chi connectivity index (χ3n) is 2.23. The Hall–Kier alpha value is -1.06. The van der Waals surface area contributed by atoms with Crippen LogP contribution in [0.2, 0.25) is 0 Å². The van der Waals surface area contributed by atoms with Gasteiger partial charge in [-0.05, 0) is 11.8 Å². The highest BCUT2D eigenvalue weighted by atomic mass is 16.5. The Balaban J connectivity index is 4.27. The van der Waals surface area contributed by atoms with Crippen LogP contribution in [0.15, 0.2) is 0 Å². The molecule has 0 rings (SSSR count). The Morgan fingerprint density at radius 3 is 2.23 bits per heavy atom. The minimum absolute atomic E-state index is 0.00139. The van der Waals surface area contributed by atoms with Crippen LogP contribution in [0.4, 0.5) is 0 Å². The number of methoxy groups -OCH3 is 1. The van der Waals surface area contributed by atoms with E-state index in [9.17, 15) is 9.59 Å². The molecule has 0 aromatic carbocycles. The Bertz CT molecular complexity index is 200. The lowest BCUT2D eigenvalue weighted by Crippen LogP contribution is -2.24. The Morgan fingerprint density at radius 1 is 1.38 bits per heavy atom. The van der Waals surface area contributed by atoms with Crippen LogP contribution < -0.4 is 0 Å². The number of hydrogen-bond donors (Lipinski definition) is 1. The number of carbonyl (C=O) groups is 2. The van der Waals surface area contributed by atoms with Crippen LogP contribution in [-0.2, 0) is 14.3 Å². The molecule has 0 heterocycles. The van der Waals surface area contributed by atoms with Crippen molar-refractivity contribution in [3.63, 3.8) is 0 Å². The molecule has 1 N–H and O–H groups in total. The fraction of sp³-hybridized carbons (Fsp3) is 0.778. The molecule has 76 valence electrons. The van der Waals surface area contributed by atoms with Crippen LogP contribution in [0.5, 0.6) is 0 Å². The molecule has 0 aromatic rings. The van der Waals surface area contributed by atoms with Gasteiger partial charge in [-0.15, -0.1) is 0 Å². The summed E-state index contributed by atoms with van der Waals surface area (Å²) in [5.41, 5.74) is -0.487. The van der Waals surface area contributed by atoms with Crippen molar-refractivity contribution in [3.05, 3.63) is 0 Å². The maximum atomic E-state index is 11.0. The van der Waals surface area contributed by atoms with Crippen molar-refractivity contribution in [2.75, 3.05) is 7.11 Å².